The van der Waals surface area contributed by atoms with Crippen LogP contribution in [0.3, 0.4) is 0 Å². The number of benzene rings is 1. The Balaban J connectivity index is 0.000000194. The average Bonchev–Trinajstić information content (AvgIpc) is 1.64. The molecule has 21 nitrogen and oxygen atoms in total. The van der Waals surface area contributed by atoms with Gasteiger partial charge in [0, 0.05) is 52.6 Å². The van der Waals surface area contributed by atoms with Crippen LogP contribution < -0.4 is 15.4 Å². The molecular weight excluding hydrogens is 1290 g/mol. The normalized spacial score (nSPS) is 40.5. The summed E-state index contributed by atoms with van der Waals surface area (Å²) in [5.41, 5.74) is 2.64. The van der Waals surface area contributed by atoms with Crippen molar-refractivity contribution in [3.05, 3.63) is 124 Å². The lowest BCUT2D eigenvalue weighted by atomic mass is 9.71. The first-order valence-electron chi connectivity index (χ1n) is 35.5. The van der Waals surface area contributed by atoms with Gasteiger partial charge in [0.05, 0.1) is 37.6 Å². The Kier molecular flexibility index (Phi) is 27.9. The largest absolute Gasteiger partial charge is 0.462 e. The number of ether oxygens (including phenoxy) is 9. The molecule has 8 aliphatic heterocycles. The van der Waals surface area contributed by atoms with E-state index in [9.17, 15) is 39.6 Å². The van der Waals surface area contributed by atoms with Crippen molar-refractivity contribution in [2.45, 2.75) is 250 Å². The van der Waals surface area contributed by atoms with Crippen molar-refractivity contribution in [1.29, 1.82) is 0 Å². The Hall–Kier alpha value is -5.76. The lowest BCUT2D eigenvalue weighted by molar-refractivity contribution is -0.335. The first kappa shape index (κ1) is 79.0. The molecule has 2 spiro atoms. The summed E-state index contributed by atoms with van der Waals surface area (Å²) in [5, 5.41) is 54.6. The minimum Gasteiger partial charge on any atom is -0.462 e. The molecule has 6 N–H and O–H groups in total. The Morgan fingerprint density at radius 3 is 1.62 bits per heavy atom. The maximum Gasteiger partial charge on any atom is 0.433 e. The summed E-state index contributed by atoms with van der Waals surface area (Å²) >= 11 is 1.42. The number of aliphatic hydroxyl groups is 4. The van der Waals surface area contributed by atoms with Gasteiger partial charge < -0.3 is 73.7 Å². The highest BCUT2D eigenvalue weighted by Crippen LogP contribution is 2.50. The third-order valence-electron chi connectivity index (χ3n) is 21.0. The van der Waals surface area contributed by atoms with Gasteiger partial charge in [-0.3, -0.25) is 14.4 Å². The zero-order valence-electron chi connectivity index (χ0n) is 60.8. The van der Waals surface area contributed by atoms with Crippen LogP contribution in [0.1, 0.15) is 165 Å². The number of esters is 2. The van der Waals surface area contributed by atoms with E-state index < -0.39 is 95.4 Å². The monoisotopic (exact) mass is 1400 g/mol. The SMILES string of the molecule is CC1=C[C@H]2C(=O)O[C@H]3C[C@@H](C/C=C(\C)C[C@@H](C)/C=C/C=C4\CO[C@H]([C@@H]1O)[C@@]42O)O[C@@]1(CC[C@H](C)[C@@H](C)O1)C3.CC[C@H]1O[C@]2(CC[C@@H]1C)C[C@@H]1C[C@@H](C/C=C(\C)C[C@@H](C)/C=C/C=C3\CO[C@@H]4[C@H](O)C(C)=C[C@@H](C(=O)O1)[C@]34O)O2.CNC(=O)O/N=C(\C)SC.CNC(=O)Oc1cccc(C)c1. The second kappa shape index (κ2) is 34.9. The third-order valence-corrected chi connectivity index (χ3v) is 21.6. The number of hydrogen-bond donors (Lipinski definition) is 6. The van der Waals surface area contributed by atoms with Crippen LogP contribution in [0.4, 0.5) is 9.59 Å². The second-order valence-corrected chi connectivity index (χ2v) is 30.0. The molecule has 11 rings (SSSR count). The zero-order valence-corrected chi connectivity index (χ0v) is 61.6. The summed E-state index contributed by atoms with van der Waals surface area (Å²) in [6, 6.07) is 7.32. The standard InChI is InChI=1S/C32H46O7.C31H44O7.C9H11NO2.C5H10N2O2S/c1-6-27-21(4)12-13-31(39-27)17-25-16-24(38-31)11-10-20(3)14-19(2)8-7-9-23-18-36-29-28(33)22(5)15-26(30(34)37-25)32(23,29)35;1-18-7-6-8-23-17-35-28-27(32)21(4)14-26(31(23,28)34)29(33)36-25-15-24(10-9-19(2)13-18)38-30(16-25)12-11-20(3)22(5)37-30;1-7-4-3-5-8(6-7)12-9(11)10-2;1-4(10-3)7-9-5(8)6-2/h7-10,15,19,21,24-29,33,35H,6,11-14,16-18H2,1-5H3;6-9,14,18,20,22,24-28,32,34H,10-13,15-17H2,1-5H3;3-6H,1-2H3,(H,10,11);1-3H3,(H,6,8)/b8-7+,20-10+,23-9+;7-6+,19-9+,23-8+;;7-4+/t19-,21-,24+,25-,26-,27+,28+,29+,31+,32+;18-,20-,22+,24+,25-,26-,27+,28+,30-,31+;;/m00../s1. The Morgan fingerprint density at radius 2 is 1.16 bits per heavy atom. The molecular formula is C77H111N3O18S. The molecule has 1 aromatic rings. The van der Waals surface area contributed by atoms with Crippen molar-refractivity contribution < 1.29 is 87.1 Å². The Morgan fingerprint density at radius 1 is 0.677 bits per heavy atom. The first-order valence-corrected chi connectivity index (χ1v) is 36.7. The molecule has 0 unspecified atom stereocenters. The molecule has 10 aliphatic rings. The summed E-state index contributed by atoms with van der Waals surface area (Å²) < 4.78 is 55.5. The number of nitrogens with one attached hydrogen (secondary N) is 2. The minimum atomic E-state index is -1.68. The molecule has 6 saturated heterocycles. The van der Waals surface area contributed by atoms with Gasteiger partial charge in [0.25, 0.3) is 0 Å². The zero-order chi connectivity index (χ0) is 72.1. The van der Waals surface area contributed by atoms with Gasteiger partial charge in [-0.1, -0.05) is 124 Å². The number of aliphatic hydroxyl groups excluding tert-OH is 2. The maximum atomic E-state index is 13.9. The van der Waals surface area contributed by atoms with E-state index in [4.69, 9.17) is 42.6 Å². The first-order chi connectivity index (χ1) is 47.0. The van der Waals surface area contributed by atoms with E-state index in [0.717, 1.165) is 63.4 Å². The maximum absolute atomic E-state index is 13.9. The van der Waals surface area contributed by atoms with Crippen LogP contribution in [-0.2, 0) is 52.3 Å². The molecule has 0 aromatic heterocycles. The van der Waals surface area contributed by atoms with E-state index in [2.05, 4.69) is 100 Å². The highest BCUT2D eigenvalue weighted by atomic mass is 32.2. The van der Waals surface area contributed by atoms with Crippen molar-refractivity contribution in [1.82, 2.24) is 10.6 Å². The lowest BCUT2D eigenvalue weighted by Crippen LogP contribution is -2.58. The van der Waals surface area contributed by atoms with Gasteiger partial charge in [0.1, 0.15) is 70.5 Å². The molecule has 1 aromatic carbocycles. The van der Waals surface area contributed by atoms with Crippen molar-refractivity contribution in [2.24, 2.45) is 40.7 Å². The van der Waals surface area contributed by atoms with Gasteiger partial charge in [-0.05, 0) is 163 Å². The number of aryl methyl sites for hydroxylation is 1. The topological polar surface area (TPSA) is 278 Å². The van der Waals surface area contributed by atoms with Crippen LogP contribution in [-0.4, -0.2) is 167 Å². The minimum absolute atomic E-state index is 0.0526. The van der Waals surface area contributed by atoms with E-state index in [-0.39, 0.29) is 37.6 Å². The van der Waals surface area contributed by atoms with Crippen LogP contribution >= 0.6 is 11.8 Å². The molecule has 8 heterocycles. The molecule has 2 aliphatic carbocycles. The van der Waals surface area contributed by atoms with E-state index in [1.165, 1.54) is 37.0 Å². The third kappa shape index (κ3) is 19.7. The van der Waals surface area contributed by atoms with Crippen LogP contribution in [0.2, 0.25) is 0 Å². The van der Waals surface area contributed by atoms with Crippen LogP contribution in [0.5, 0.6) is 5.75 Å². The van der Waals surface area contributed by atoms with Gasteiger partial charge in [-0.2, -0.15) is 0 Å². The van der Waals surface area contributed by atoms with E-state index in [1.807, 2.05) is 49.6 Å². The van der Waals surface area contributed by atoms with Gasteiger partial charge in [0.2, 0.25) is 0 Å². The fourth-order valence-corrected chi connectivity index (χ4v) is 15.2. The number of carbonyl (C=O) groups excluding carboxylic acids is 4. The Labute approximate surface area is 590 Å². The van der Waals surface area contributed by atoms with Crippen LogP contribution in [0, 0.1) is 42.4 Å². The number of nitrogens with zero attached hydrogens (tertiary/aromatic N) is 1. The van der Waals surface area contributed by atoms with E-state index in [0.29, 0.717) is 82.4 Å². The smallest absolute Gasteiger partial charge is 0.433 e. The average molecular weight is 1400 g/mol. The molecule has 0 radical (unpaired) electrons. The van der Waals surface area contributed by atoms with E-state index >= 15 is 0 Å². The predicted octanol–water partition coefficient (Wildman–Crippen LogP) is 12.2. The van der Waals surface area contributed by atoms with Gasteiger partial charge in [-0.25, -0.2) is 9.59 Å². The Bertz CT molecular complexity index is 3280. The van der Waals surface area contributed by atoms with Crippen molar-refractivity contribution in [3.63, 3.8) is 0 Å². The van der Waals surface area contributed by atoms with Crippen LogP contribution in [0.15, 0.2) is 124 Å². The second-order valence-electron chi connectivity index (χ2n) is 29.0. The van der Waals surface area contributed by atoms with Crippen molar-refractivity contribution in [2.75, 3.05) is 33.6 Å². The number of amides is 2. The lowest BCUT2D eigenvalue weighted by Gasteiger charge is -2.50. The summed E-state index contributed by atoms with van der Waals surface area (Å²) in [4.78, 5) is 53.2. The molecule has 4 bridgehead atoms. The summed E-state index contributed by atoms with van der Waals surface area (Å²) in [5.74, 6) is -2.48. The van der Waals surface area contributed by atoms with Crippen molar-refractivity contribution >= 4 is 40.9 Å². The molecule has 20 atom stereocenters. The quantitative estimate of drug-likeness (QED) is 0.0410. The molecule has 548 valence electrons. The number of carbonyl (C=O) groups is 4. The molecule has 99 heavy (non-hydrogen) atoms. The number of oxime groups is 1. The van der Waals surface area contributed by atoms with Crippen LogP contribution in [0.25, 0.3) is 0 Å². The predicted molar refractivity (Wildman–Crippen MR) is 379 cm³/mol. The number of fused-ring (bicyclic) bond motifs is 4. The molecule has 2 amide bonds. The van der Waals surface area contributed by atoms with Gasteiger partial charge in [0.15, 0.2) is 11.6 Å². The number of thioether (sulfide) groups is 1. The van der Waals surface area contributed by atoms with E-state index in [1.54, 1.807) is 45.1 Å². The highest BCUT2D eigenvalue weighted by molar-refractivity contribution is 8.13. The summed E-state index contributed by atoms with van der Waals surface area (Å²) in [6.45, 7) is 24.8. The highest BCUT2D eigenvalue weighted by Gasteiger charge is 2.62. The van der Waals surface area contributed by atoms with Gasteiger partial charge >= 0.3 is 24.1 Å². The number of rotatable bonds is 3. The summed E-state index contributed by atoms with van der Waals surface area (Å²) in [6.07, 6.45) is 25.4. The number of hydrogen-bond acceptors (Lipinski definition) is 20. The fraction of sp³-hybridized carbons (Fsp3) is 0.649. The molecule has 0 saturated carbocycles. The number of allylic oxidation sites excluding steroid dienone is 8. The molecule has 6 fully saturated rings. The van der Waals surface area contributed by atoms with Crippen molar-refractivity contribution in [3.8, 4) is 5.75 Å². The fourth-order valence-electron chi connectivity index (χ4n) is 15.1. The molecule has 22 heteroatoms. The van der Waals surface area contributed by atoms with Gasteiger partial charge in [-0.15, -0.1) is 11.8 Å². The summed E-state index contributed by atoms with van der Waals surface area (Å²) in [7, 11) is 3.00.